The average Bonchev–Trinajstić information content (AvgIpc) is 2.44. The van der Waals surface area contributed by atoms with Crippen molar-refractivity contribution in [3.8, 4) is 0 Å². The molecule has 0 saturated heterocycles. The Morgan fingerprint density at radius 3 is 2.00 bits per heavy atom. The van der Waals surface area contributed by atoms with Crippen molar-refractivity contribution >= 4 is 21.6 Å². The summed E-state index contributed by atoms with van der Waals surface area (Å²) < 4.78 is 25.1. The maximum Gasteiger partial charge on any atom is 0.243 e. The number of hydrogen-bond donors (Lipinski definition) is 0. The van der Waals surface area contributed by atoms with Gasteiger partial charge in [0.05, 0.1) is 11.9 Å². The highest BCUT2D eigenvalue weighted by Gasteiger charge is 2.23. The van der Waals surface area contributed by atoms with Crippen LogP contribution in [0.4, 0.5) is 5.69 Å². The zero-order chi connectivity index (χ0) is 15.9. The molecule has 0 atom stereocenters. The van der Waals surface area contributed by atoms with Gasteiger partial charge in [-0.2, -0.15) is 0 Å². The number of nitrogens with zero attached hydrogens (tertiary/aromatic N) is 2. The van der Waals surface area contributed by atoms with E-state index in [-0.39, 0.29) is 12.5 Å². The second-order valence-corrected chi connectivity index (χ2v) is 6.89. The largest absolute Gasteiger partial charge is 0.341 e. The predicted octanol–water partition coefficient (Wildman–Crippen LogP) is 2.10. The van der Waals surface area contributed by atoms with Gasteiger partial charge in [0, 0.05) is 13.1 Å². The highest BCUT2D eigenvalue weighted by molar-refractivity contribution is 7.92. The van der Waals surface area contributed by atoms with Crippen LogP contribution in [0.1, 0.15) is 26.7 Å². The van der Waals surface area contributed by atoms with Crippen LogP contribution in [0.25, 0.3) is 0 Å². The van der Waals surface area contributed by atoms with Crippen LogP contribution in [-0.2, 0) is 14.8 Å². The minimum atomic E-state index is -3.49. The van der Waals surface area contributed by atoms with E-state index in [0.717, 1.165) is 23.4 Å². The summed E-state index contributed by atoms with van der Waals surface area (Å²) in [6.45, 7) is 5.16. The van der Waals surface area contributed by atoms with Crippen LogP contribution in [0, 0.1) is 0 Å². The van der Waals surface area contributed by atoms with Crippen molar-refractivity contribution in [2.24, 2.45) is 0 Å². The van der Waals surface area contributed by atoms with Crippen molar-refractivity contribution in [1.29, 1.82) is 0 Å². The Morgan fingerprint density at radius 2 is 1.57 bits per heavy atom. The van der Waals surface area contributed by atoms with E-state index < -0.39 is 10.0 Å². The van der Waals surface area contributed by atoms with E-state index >= 15 is 0 Å². The molecular weight excluding hydrogens is 288 g/mol. The quantitative estimate of drug-likeness (QED) is 0.738. The molecule has 118 valence electrons. The van der Waals surface area contributed by atoms with Gasteiger partial charge in [0.2, 0.25) is 15.9 Å². The fourth-order valence-corrected chi connectivity index (χ4v) is 2.97. The number of rotatable bonds is 8. The second-order valence-electron chi connectivity index (χ2n) is 4.99. The Labute approximate surface area is 127 Å². The highest BCUT2D eigenvalue weighted by Crippen LogP contribution is 2.16. The lowest BCUT2D eigenvalue weighted by atomic mass is 10.3. The molecular formula is C15H24N2O3S. The first-order valence-electron chi connectivity index (χ1n) is 7.20. The SMILES string of the molecule is CCCN(CCC)C(=O)CN(c1ccccc1)S(C)(=O)=O. The van der Waals surface area contributed by atoms with Gasteiger partial charge in [-0.05, 0) is 25.0 Å². The minimum Gasteiger partial charge on any atom is -0.341 e. The lowest BCUT2D eigenvalue weighted by Crippen LogP contribution is -2.43. The molecule has 0 saturated carbocycles. The number of anilines is 1. The first kappa shape index (κ1) is 17.5. The number of amides is 1. The van der Waals surface area contributed by atoms with Gasteiger partial charge in [-0.15, -0.1) is 0 Å². The van der Waals surface area contributed by atoms with Crippen LogP contribution in [0.5, 0.6) is 0 Å². The summed E-state index contributed by atoms with van der Waals surface area (Å²) in [6.07, 6.45) is 2.84. The first-order valence-corrected chi connectivity index (χ1v) is 9.05. The molecule has 6 heteroatoms. The summed E-state index contributed by atoms with van der Waals surface area (Å²) in [5.74, 6) is -0.159. The molecule has 1 aromatic rings. The van der Waals surface area contributed by atoms with Crippen LogP contribution < -0.4 is 4.31 Å². The molecule has 0 heterocycles. The molecule has 0 unspecified atom stereocenters. The number of hydrogen-bond acceptors (Lipinski definition) is 3. The minimum absolute atomic E-state index is 0.150. The zero-order valence-electron chi connectivity index (χ0n) is 12.9. The van der Waals surface area contributed by atoms with E-state index in [2.05, 4.69) is 0 Å². The number of benzene rings is 1. The Hall–Kier alpha value is -1.56. The van der Waals surface area contributed by atoms with Crippen molar-refractivity contribution in [3.63, 3.8) is 0 Å². The van der Waals surface area contributed by atoms with E-state index in [1.54, 1.807) is 29.2 Å². The van der Waals surface area contributed by atoms with Gasteiger partial charge >= 0.3 is 0 Å². The maximum absolute atomic E-state index is 12.4. The summed E-state index contributed by atoms with van der Waals surface area (Å²) in [7, 11) is -3.49. The molecule has 21 heavy (non-hydrogen) atoms. The molecule has 1 rings (SSSR count). The van der Waals surface area contributed by atoms with Crippen molar-refractivity contribution in [1.82, 2.24) is 4.90 Å². The molecule has 0 aliphatic carbocycles. The van der Waals surface area contributed by atoms with Crippen molar-refractivity contribution in [2.45, 2.75) is 26.7 Å². The molecule has 0 radical (unpaired) electrons. The summed E-state index contributed by atoms with van der Waals surface area (Å²) >= 11 is 0. The van der Waals surface area contributed by atoms with Crippen molar-refractivity contribution in [3.05, 3.63) is 30.3 Å². The third kappa shape index (κ3) is 5.38. The monoisotopic (exact) mass is 312 g/mol. The summed E-state index contributed by atoms with van der Waals surface area (Å²) in [5.41, 5.74) is 0.515. The molecule has 1 amide bonds. The zero-order valence-corrected chi connectivity index (χ0v) is 13.8. The summed E-state index contributed by atoms with van der Waals surface area (Å²) in [5, 5.41) is 0. The molecule has 1 aromatic carbocycles. The number of sulfonamides is 1. The highest BCUT2D eigenvalue weighted by atomic mass is 32.2. The fourth-order valence-electron chi connectivity index (χ4n) is 2.12. The average molecular weight is 312 g/mol. The van der Waals surface area contributed by atoms with Crippen LogP contribution in [0.3, 0.4) is 0 Å². The summed E-state index contributed by atoms with van der Waals surface area (Å²) in [4.78, 5) is 14.1. The van der Waals surface area contributed by atoms with Gasteiger partial charge in [-0.1, -0.05) is 32.0 Å². The molecule has 0 bridgehead atoms. The standard InChI is InChI=1S/C15H24N2O3S/c1-4-11-16(12-5-2)15(18)13-17(21(3,19)20)14-9-7-6-8-10-14/h6-10H,4-5,11-13H2,1-3H3. The lowest BCUT2D eigenvalue weighted by molar-refractivity contribution is -0.129. The van der Waals surface area contributed by atoms with E-state index in [0.29, 0.717) is 18.8 Å². The fraction of sp³-hybridized carbons (Fsp3) is 0.533. The Kier molecular flexibility index (Phi) is 6.68. The van der Waals surface area contributed by atoms with Gasteiger partial charge in [-0.3, -0.25) is 9.10 Å². The topological polar surface area (TPSA) is 57.7 Å². The normalized spacial score (nSPS) is 11.2. The predicted molar refractivity (Wildman–Crippen MR) is 85.8 cm³/mol. The molecule has 0 fully saturated rings. The lowest BCUT2D eigenvalue weighted by Gasteiger charge is -2.27. The van der Waals surface area contributed by atoms with Gasteiger partial charge in [0.1, 0.15) is 6.54 Å². The third-order valence-electron chi connectivity index (χ3n) is 3.06. The van der Waals surface area contributed by atoms with Gasteiger partial charge in [0.25, 0.3) is 0 Å². The van der Waals surface area contributed by atoms with Gasteiger partial charge < -0.3 is 4.90 Å². The Balaban J connectivity index is 2.94. The number of carbonyl (C=O) groups excluding carboxylic acids is 1. The molecule has 0 aromatic heterocycles. The van der Waals surface area contributed by atoms with Crippen LogP contribution in [0.15, 0.2) is 30.3 Å². The van der Waals surface area contributed by atoms with Crippen molar-refractivity contribution in [2.75, 3.05) is 30.2 Å². The number of carbonyl (C=O) groups is 1. The van der Waals surface area contributed by atoms with Gasteiger partial charge in [0.15, 0.2) is 0 Å². The second kappa shape index (κ2) is 8.02. The van der Waals surface area contributed by atoms with Crippen molar-refractivity contribution < 1.29 is 13.2 Å². The Bertz CT molecular complexity index is 537. The number of para-hydroxylation sites is 1. The Morgan fingerprint density at radius 1 is 1.05 bits per heavy atom. The molecule has 0 N–H and O–H groups in total. The molecule has 5 nitrogen and oxygen atoms in total. The molecule has 0 aliphatic heterocycles. The molecule has 0 aliphatic rings. The molecule has 0 spiro atoms. The van der Waals surface area contributed by atoms with Crippen LogP contribution in [-0.4, -0.2) is 45.1 Å². The van der Waals surface area contributed by atoms with E-state index in [4.69, 9.17) is 0 Å². The first-order chi connectivity index (χ1) is 9.90. The van der Waals surface area contributed by atoms with Crippen LogP contribution >= 0.6 is 0 Å². The summed E-state index contributed by atoms with van der Waals surface area (Å²) in [6, 6.07) is 8.71. The van der Waals surface area contributed by atoms with E-state index in [1.807, 2.05) is 19.9 Å². The van der Waals surface area contributed by atoms with E-state index in [9.17, 15) is 13.2 Å². The van der Waals surface area contributed by atoms with Crippen LogP contribution in [0.2, 0.25) is 0 Å². The van der Waals surface area contributed by atoms with E-state index in [1.165, 1.54) is 0 Å². The maximum atomic E-state index is 12.4. The third-order valence-corrected chi connectivity index (χ3v) is 4.20. The van der Waals surface area contributed by atoms with Gasteiger partial charge in [-0.25, -0.2) is 8.42 Å². The smallest absolute Gasteiger partial charge is 0.243 e.